The zero-order chi connectivity index (χ0) is 16.7. The molecule has 0 fully saturated rings. The van der Waals surface area contributed by atoms with Gasteiger partial charge < -0.3 is 10.3 Å². The lowest BCUT2D eigenvalue weighted by Crippen LogP contribution is -2.11. The van der Waals surface area contributed by atoms with Crippen LogP contribution in [0.3, 0.4) is 0 Å². The summed E-state index contributed by atoms with van der Waals surface area (Å²) in [5.41, 5.74) is 4.29. The molecule has 5 heteroatoms. The number of H-pyrrole nitrogens is 1. The Morgan fingerprint density at radius 2 is 1.96 bits per heavy atom. The van der Waals surface area contributed by atoms with Crippen molar-refractivity contribution in [2.24, 2.45) is 0 Å². The van der Waals surface area contributed by atoms with Crippen molar-refractivity contribution in [2.45, 2.75) is 6.92 Å². The Balaban J connectivity index is 1.79. The highest BCUT2D eigenvalue weighted by atomic mass is 35.5. The molecule has 0 aliphatic rings. The van der Waals surface area contributed by atoms with Crippen molar-refractivity contribution in [2.75, 3.05) is 5.32 Å². The SMILES string of the molecule is Cc1cnc(Cl)c2c1[nH]c1ccc(NC(=O)c3ccccc3)cc12. The number of amides is 1. The fourth-order valence-corrected chi connectivity index (χ4v) is 3.10. The van der Waals surface area contributed by atoms with E-state index in [9.17, 15) is 4.79 Å². The first-order valence-corrected chi connectivity index (χ1v) is 7.94. The van der Waals surface area contributed by atoms with E-state index in [4.69, 9.17) is 11.6 Å². The molecule has 118 valence electrons. The minimum Gasteiger partial charge on any atom is -0.354 e. The molecule has 4 nitrogen and oxygen atoms in total. The van der Waals surface area contributed by atoms with E-state index >= 15 is 0 Å². The van der Waals surface area contributed by atoms with Crippen LogP contribution >= 0.6 is 11.6 Å². The third-order valence-electron chi connectivity index (χ3n) is 4.06. The first-order chi connectivity index (χ1) is 11.6. The maximum atomic E-state index is 12.3. The lowest BCUT2D eigenvalue weighted by Gasteiger charge is -2.05. The van der Waals surface area contributed by atoms with Gasteiger partial charge in [0.25, 0.3) is 5.91 Å². The highest BCUT2D eigenvalue weighted by molar-refractivity contribution is 6.37. The molecule has 0 aliphatic carbocycles. The van der Waals surface area contributed by atoms with Crippen LogP contribution in [0.2, 0.25) is 5.15 Å². The van der Waals surface area contributed by atoms with E-state index in [1.807, 2.05) is 43.3 Å². The van der Waals surface area contributed by atoms with Crippen molar-refractivity contribution >= 4 is 45.0 Å². The molecule has 2 heterocycles. The molecular formula is C19H14ClN3O. The van der Waals surface area contributed by atoms with Crippen molar-refractivity contribution < 1.29 is 4.79 Å². The summed E-state index contributed by atoms with van der Waals surface area (Å²) in [4.78, 5) is 19.9. The van der Waals surface area contributed by atoms with E-state index in [0.717, 1.165) is 33.1 Å². The van der Waals surface area contributed by atoms with E-state index in [1.165, 1.54) is 0 Å². The Morgan fingerprint density at radius 3 is 2.75 bits per heavy atom. The third kappa shape index (κ3) is 2.41. The van der Waals surface area contributed by atoms with Gasteiger partial charge in [-0.1, -0.05) is 29.8 Å². The summed E-state index contributed by atoms with van der Waals surface area (Å²) in [6.45, 7) is 1.99. The van der Waals surface area contributed by atoms with E-state index < -0.39 is 0 Å². The molecule has 0 saturated heterocycles. The number of halogens is 1. The van der Waals surface area contributed by atoms with Gasteiger partial charge in [-0.2, -0.15) is 0 Å². The van der Waals surface area contributed by atoms with Crippen LogP contribution in [0.4, 0.5) is 5.69 Å². The Morgan fingerprint density at radius 1 is 1.17 bits per heavy atom. The molecule has 2 aromatic carbocycles. The van der Waals surface area contributed by atoms with Crippen LogP contribution < -0.4 is 5.32 Å². The maximum Gasteiger partial charge on any atom is 0.255 e. The Hall–Kier alpha value is -2.85. The maximum absolute atomic E-state index is 12.3. The molecule has 24 heavy (non-hydrogen) atoms. The van der Waals surface area contributed by atoms with Crippen LogP contribution in [-0.2, 0) is 0 Å². The minimum absolute atomic E-state index is 0.143. The number of carbonyl (C=O) groups is 1. The standard InChI is InChI=1S/C19H14ClN3O/c1-11-10-21-18(20)16-14-9-13(7-8-15(14)23-17(11)16)22-19(24)12-5-3-2-4-6-12/h2-10,23H,1H3,(H,22,24). The Labute approximate surface area is 143 Å². The van der Waals surface area contributed by atoms with E-state index in [1.54, 1.807) is 18.3 Å². The zero-order valence-electron chi connectivity index (χ0n) is 12.9. The molecule has 2 N–H and O–H groups in total. The summed E-state index contributed by atoms with van der Waals surface area (Å²) in [6, 6.07) is 14.8. The molecule has 0 saturated carbocycles. The third-order valence-corrected chi connectivity index (χ3v) is 4.35. The van der Waals surface area contributed by atoms with Crippen molar-refractivity contribution in [3.05, 3.63) is 71.0 Å². The number of nitrogens with zero attached hydrogens (tertiary/aromatic N) is 1. The molecule has 0 atom stereocenters. The second-order valence-electron chi connectivity index (χ2n) is 5.69. The lowest BCUT2D eigenvalue weighted by atomic mass is 10.1. The van der Waals surface area contributed by atoms with E-state index in [0.29, 0.717) is 10.7 Å². The van der Waals surface area contributed by atoms with Gasteiger partial charge in [-0.25, -0.2) is 4.98 Å². The second kappa shape index (κ2) is 5.65. The number of aromatic nitrogens is 2. The van der Waals surface area contributed by atoms with Crippen molar-refractivity contribution in [1.29, 1.82) is 0 Å². The fraction of sp³-hybridized carbons (Fsp3) is 0.0526. The number of nitrogens with one attached hydrogen (secondary N) is 2. The number of fused-ring (bicyclic) bond motifs is 3. The Bertz CT molecular complexity index is 1070. The number of hydrogen-bond acceptors (Lipinski definition) is 2. The average molecular weight is 336 g/mol. The predicted molar refractivity (Wildman–Crippen MR) is 97.7 cm³/mol. The van der Waals surface area contributed by atoms with Crippen LogP contribution in [0.1, 0.15) is 15.9 Å². The van der Waals surface area contributed by atoms with Gasteiger partial charge in [0.1, 0.15) is 5.15 Å². The smallest absolute Gasteiger partial charge is 0.255 e. The summed E-state index contributed by atoms with van der Waals surface area (Å²) in [5, 5.41) is 5.19. The number of aromatic amines is 1. The normalized spacial score (nSPS) is 11.1. The highest BCUT2D eigenvalue weighted by Crippen LogP contribution is 2.33. The molecule has 0 spiro atoms. The van der Waals surface area contributed by atoms with Gasteiger partial charge in [-0.3, -0.25) is 4.79 Å². The van der Waals surface area contributed by atoms with Gasteiger partial charge in [0.2, 0.25) is 0 Å². The van der Waals surface area contributed by atoms with Gasteiger partial charge >= 0.3 is 0 Å². The largest absolute Gasteiger partial charge is 0.354 e. The van der Waals surface area contributed by atoms with E-state index in [2.05, 4.69) is 15.3 Å². The molecule has 0 aliphatic heterocycles. The second-order valence-corrected chi connectivity index (χ2v) is 6.05. The van der Waals surface area contributed by atoms with Gasteiger partial charge in [-0.15, -0.1) is 0 Å². The topological polar surface area (TPSA) is 57.8 Å². The number of pyridine rings is 1. The highest BCUT2D eigenvalue weighted by Gasteiger charge is 2.12. The van der Waals surface area contributed by atoms with Gasteiger partial charge in [0.05, 0.1) is 5.52 Å². The molecule has 0 unspecified atom stereocenters. The van der Waals surface area contributed by atoms with Crippen LogP contribution in [0.25, 0.3) is 21.8 Å². The number of anilines is 1. The van der Waals surface area contributed by atoms with Crippen LogP contribution in [0.15, 0.2) is 54.7 Å². The average Bonchev–Trinajstić information content (AvgIpc) is 2.99. The summed E-state index contributed by atoms with van der Waals surface area (Å²) in [6.07, 6.45) is 1.75. The van der Waals surface area contributed by atoms with Gasteiger partial charge in [-0.05, 0) is 42.8 Å². The zero-order valence-corrected chi connectivity index (χ0v) is 13.7. The number of rotatable bonds is 2. The van der Waals surface area contributed by atoms with Crippen molar-refractivity contribution in [1.82, 2.24) is 9.97 Å². The predicted octanol–water partition coefficient (Wildman–Crippen LogP) is 4.93. The van der Waals surface area contributed by atoms with Crippen LogP contribution in [0.5, 0.6) is 0 Å². The van der Waals surface area contributed by atoms with E-state index in [-0.39, 0.29) is 5.91 Å². The number of aryl methyl sites for hydroxylation is 1. The molecular weight excluding hydrogens is 322 g/mol. The first kappa shape index (κ1) is 14.7. The first-order valence-electron chi connectivity index (χ1n) is 7.56. The van der Waals surface area contributed by atoms with Gasteiger partial charge in [0.15, 0.2) is 0 Å². The number of hydrogen-bond donors (Lipinski definition) is 2. The summed E-state index contributed by atoms with van der Waals surface area (Å²) < 4.78 is 0. The summed E-state index contributed by atoms with van der Waals surface area (Å²) in [5.74, 6) is -0.143. The molecule has 2 aromatic heterocycles. The van der Waals surface area contributed by atoms with Crippen LogP contribution in [-0.4, -0.2) is 15.9 Å². The number of benzene rings is 2. The molecule has 0 radical (unpaired) electrons. The summed E-state index contributed by atoms with van der Waals surface area (Å²) >= 11 is 6.28. The summed E-state index contributed by atoms with van der Waals surface area (Å²) in [7, 11) is 0. The molecule has 0 bridgehead atoms. The minimum atomic E-state index is -0.143. The molecule has 4 rings (SSSR count). The molecule has 4 aromatic rings. The van der Waals surface area contributed by atoms with Crippen molar-refractivity contribution in [3.8, 4) is 0 Å². The number of carbonyl (C=O) groups excluding carboxylic acids is 1. The fourth-order valence-electron chi connectivity index (χ4n) is 2.86. The lowest BCUT2D eigenvalue weighted by molar-refractivity contribution is 0.102. The Kier molecular flexibility index (Phi) is 3.47. The molecule has 1 amide bonds. The quantitative estimate of drug-likeness (QED) is 0.510. The van der Waals surface area contributed by atoms with Crippen molar-refractivity contribution in [3.63, 3.8) is 0 Å². The van der Waals surface area contributed by atoms with Gasteiger partial charge in [0, 0.05) is 33.7 Å². The van der Waals surface area contributed by atoms with Crippen LogP contribution in [0, 0.1) is 6.92 Å². The monoisotopic (exact) mass is 335 g/mol.